The van der Waals surface area contributed by atoms with Crippen molar-refractivity contribution in [3.8, 4) is 0 Å². The van der Waals surface area contributed by atoms with E-state index in [-0.39, 0.29) is 24.3 Å². The normalized spacial score (nSPS) is 17.3. The van der Waals surface area contributed by atoms with Gasteiger partial charge >= 0.3 is 0 Å². The van der Waals surface area contributed by atoms with Crippen molar-refractivity contribution in [2.75, 3.05) is 19.6 Å². The summed E-state index contributed by atoms with van der Waals surface area (Å²) in [5.74, 6) is 0.895. The zero-order chi connectivity index (χ0) is 16.2. The lowest BCUT2D eigenvalue weighted by molar-refractivity contribution is -0.129. The summed E-state index contributed by atoms with van der Waals surface area (Å²) in [6.45, 7) is 2.93. The summed E-state index contributed by atoms with van der Waals surface area (Å²) in [7, 11) is 0. The first-order chi connectivity index (χ1) is 11.1. The van der Waals surface area contributed by atoms with Crippen LogP contribution in [-0.4, -0.2) is 46.5 Å². The van der Waals surface area contributed by atoms with E-state index in [2.05, 4.69) is 15.5 Å². The van der Waals surface area contributed by atoms with Gasteiger partial charge in [-0.3, -0.25) is 9.59 Å². The number of nitrogens with one attached hydrogen (secondary N) is 1. The van der Waals surface area contributed by atoms with Crippen LogP contribution in [0.4, 0.5) is 0 Å². The van der Waals surface area contributed by atoms with E-state index in [4.69, 9.17) is 4.52 Å². The van der Waals surface area contributed by atoms with Gasteiger partial charge in [-0.05, 0) is 25.5 Å². The fourth-order valence-corrected chi connectivity index (χ4v) is 2.63. The standard InChI is InChI=1S/C16H18N4O3/c1-11-18-16(23-19-11)13-7-8-20(10-13)14(21)9-17-15(22)12-5-3-2-4-6-12/h2-6,13H,7-10H2,1H3,(H,17,22)/t13-/m1/s1. The lowest BCUT2D eigenvalue weighted by Crippen LogP contribution is -2.39. The van der Waals surface area contributed by atoms with E-state index in [1.54, 1.807) is 36.1 Å². The molecule has 1 aromatic heterocycles. The van der Waals surface area contributed by atoms with Gasteiger partial charge < -0.3 is 14.7 Å². The van der Waals surface area contributed by atoms with Crippen LogP contribution >= 0.6 is 0 Å². The third kappa shape index (κ3) is 3.56. The number of aromatic nitrogens is 2. The quantitative estimate of drug-likeness (QED) is 0.913. The van der Waals surface area contributed by atoms with Crippen LogP contribution in [0.3, 0.4) is 0 Å². The van der Waals surface area contributed by atoms with Crippen LogP contribution in [-0.2, 0) is 4.79 Å². The molecule has 1 aliphatic rings. The number of rotatable bonds is 4. The number of aryl methyl sites for hydroxylation is 1. The lowest BCUT2D eigenvalue weighted by atomic mass is 10.1. The maximum Gasteiger partial charge on any atom is 0.251 e. The predicted molar refractivity (Wildman–Crippen MR) is 81.7 cm³/mol. The summed E-state index contributed by atoms with van der Waals surface area (Å²) in [5, 5.41) is 6.43. The van der Waals surface area contributed by atoms with Gasteiger partial charge in [0.25, 0.3) is 5.91 Å². The second kappa shape index (κ2) is 6.60. The third-order valence-corrected chi connectivity index (χ3v) is 3.87. The Morgan fingerprint density at radius 2 is 2.13 bits per heavy atom. The Balaban J connectivity index is 1.50. The average Bonchev–Trinajstić information content (AvgIpc) is 3.22. The minimum absolute atomic E-state index is 0.0106. The predicted octanol–water partition coefficient (Wildman–Crippen LogP) is 1.12. The van der Waals surface area contributed by atoms with Crippen molar-refractivity contribution in [3.63, 3.8) is 0 Å². The van der Waals surface area contributed by atoms with Gasteiger partial charge in [0, 0.05) is 18.7 Å². The molecule has 1 aliphatic heterocycles. The van der Waals surface area contributed by atoms with Crippen molar-refractivity contribution < 1.29 is 14.1 Å². The van der Waals surface area contributed by atoms with E-state index in [0.717, 1.165) is 6.42 Å². The van der Waals surface area contributed by atoms with Crippen LogP contribution in [0.15, 0.2) is 34.9 Å². The minimum Gasteiger partial charge on any atom is -0.343 e. The van der Waals surface area contributed by atoms with Crippen LogP contribution in [0, 0.1) is 6.92 Å². The number of likely N-dealkylation sites (tertiary alicyclic amines) is 1. The molecule has 1 saturated heterocycles. The molecule has 2 amide bonds. The summed E-state index contributed by atoms with van der Waals surface area (Å²) in [4.78, 5) is 30.1. The molecule has 120 valence electrons. The van der Waals surface area contributed by atoms with E-state index in [9.17, 15) is 9.59 Å². The van der Waals surface area contributed by atoms with Crippen LogP contribution in [0.25, 0.3) is 0 Å². The van der Waals surface area contributed by atoms with E-state index < -0.39 is 0 Å². The van der Waals surface area contributed by atoms with Gasteiger partial charge in [-0.25, -0.2) is 0 Å². The Morgan fingerprint density at radius 1 is 1.35 bits per heavy atom. The lowest BCUT2D eigenvalue weighted by Gasteiger charge is -2.16. The maximum absolute atomic E-state index is 12.2. The van der Waals surface area contributed by atoms with Gasteiger partial charge in [0.05, 0.1) is 12.5 Å². The van der Waals surface area contributed by atoms with Crippen LogP contribution in [0.2, 0.25) is 0 Å². The Kier molecular flexibility index (Phi) is 4.36. The molecule has 0 spiro atoms. The highest BCUT2D eigenvalue weighted by Crippen LogP contribution is 2.25. The van der Waals surface area contributed by atoms with Crippen molar-refractivity contribution in [2.24, 2.45) is 0 Å². The zero-order valence-electron chi connectivity index (χ0n) is 12.9. The highest BCUT2D eigenvalue weighted by Gasteiger charge is 2.30. The van der Waals surface area contributed by atoms with Crippen molar-refractivity contribution in [1.29, 1.82) is 0 Å². The molecular formula is C16H18N4O3. The number of benzene rings is 1. The molecule has 1 aromatic carbocycles. The Labute approximate surface area is 133 Å². The topological polar surface area (TPSA) is 88.3 Å². The Morgan fingerprint density at radius 3 is 2.83 bits per heavy atom. The van der Waals surface area contributed by atoms with E-state index in [0.29, 0.717) is 30.4 Å². The molecule has 0 saturated carbocycles. The van der Waals surface area contributed by atoms with Crippen molar-refractivity contribution in [1.82, 2.24) is 20.4 Å². The third-order valence-electron chi connectivity index (χ3n) is 3.87. The van der Waals surface area contributed by atoms with Gasteiger partial charge in [0.2, 0.25) is 11.8 Å². The Bertz CT molecular complexity index is 698. The van der Waals surface area contributed by atoms with E-state index >= 15 is 0 Å². The van der Waals surface area contributed by atoms with Crippen LogP contribution < -0.4 is 5.32 Å². The summed E-state index contributed by atoms with van der Waals surface area (Å²) in [6.07, 6.45) is 0.792. The first-order valence-corrected chi connectivity index (χ1v) is 7.54. The second-order valence-corrected chi connectivity index (χ2v) is 5.55. The summed E-state index contributed by atoms with van der Waals surface area (Å²) >= 11 is 0. The molecule has 1 atom stereocenters. The largest absolute Gasteiger partial charge is 0.343 e. The number of nitrogens with zero attached hydrogens (tertiary/aromatic N) is 3. The second-order valence-electron chi connectivity index (χ2n) is 5.55. The molecule has 0 bridgehead atoms. The molecule has 2 aromatic rings. The molecule has 1 N–H and O–H groups in total. The first kappa shape index (κ1) is 15.2. The fraction of sp³-hybridized carbons (Fsp3) is 0.375. The average molecular weight is 314 g/mol. The van der Waals surface area contributed by atoms with E-state index in [1.807, 2.05) is 6.07 Å². The molecule has 1 fully saturated rings. The fourth-order valence-electron chi connectivity index (χ4n) is 2.63. The van der Waals surface area contributed by atoms with Gasteiger partial charge in [-0.2, -0.15) is 4.98 Å². The SMILES string of the molecule is Cc1noc([C@@H]2CCN(C(=O)CNC(=O)c3ccccc3)C2)n1. The number of carbonyl (C=O) groups is 2. The van der Waals surface area contributed by atoms with Gasteiger partial charge in [0.1, 0.15) is 0 Å². The number of amides is 2. The van der Waals surface area contributed by atoms with Gasteiger partial charge in [-0.15, -0.1) is 0 Å². The summed E-state index contributed by atoms with van der Waals surface area (Å²) in [6, 6.07) is 8.83. The molecular weight excluding hydrogens is 296 g/mol. The van der Waals surface area contributed by atoms with Crippen molar-refractivity contribution in [3.05, 3.63) is 47.6 Å². The van der Waals surface area contributed by atoms with Crippen LogP contribution in [0.1, 0.15) is 34.4 Å². The molecule has 0 unspecified atom stereocenters. The Hall–Kier alpha value is -2.70. The van der Waals surface area contributed by atoms with Gasteiger partial charge in [0.15, 0.2) is 5.82 Å². The minimum atomic E-state index is -0.248. The molecule has 7 nitrogen and oxygen atoms in total. The first-order valence-electron chi connectivity index (χ1n) is 7.54. The number of hydrogen-bond acceptors (Lipinski definition) is 5. The zero-order valence-corrected chi connectivity index (χ0v) is 12.9. The molecule has 0 radical (unpaired) electrons. The van der Waals surface area contributed by atoms with Crippen molar-refractivity contribution in [2.45, 2.75) is 19.3 Å². The number of carbonyl (C=O) groups excluding carboxylic acids is 2. The highest BCUT2D eigenvalue weighted by atomic mass is 16.5. The maximum atomic E-state index is 12.2. The summed E-state index contributed by atoms with van der Waals surface area (Å²) < 4.78 is 5.16. The molecule has 23 heavy (non-hydrogen) atoms. The molecule has 3 rings (SSSR count). The monoisotopic (exact) mass is 314 g/mol. The smallest absolute Gasteiger partial charge is 0.251 e. The highest BCUT2D eigenvalue weighted by molar-refractivity contribution is 5.96. The molecule has 0 aliphatic carbocycles. The van der Waals surface area contributed by atoms with Crippen molar-refractivity contribution >= 4 is 11.8 Å². The summed E-state index contributed by atoms with van der Waals surface area (Å²) in [5.41, 5.74) is 0.543. The molecule has 7 heteroatoms. The van der Waals surface area contributed by atoms with E-state index in [1.165, 1.54) is 0 Å². The van der Waals surface area contributed by atoms with Crippen LogP contribution in [0.5, 0.6) is 0 Å². The molecule has 2 heterocycles. The van der Waals surface area contributed by atoms with Gasteiger partial charge in [-0.1, -0.05) is 23.4 Å². The number of hydrogen-bond donors (Lipinski definition) is 1.